The van der Waals surface area contributed by atoms with Crippen LogP contribution in [0.25, 0.3) is 0 Å². The van der Waals surface area contributed by atoms with Crippen molar-refractivity contribution in [1.29, 1.82) is 0 Å². The van der Waals surface area contributed by atoms with Crippen LogP contribution in [-0.4, -0.2) is 50.6 Å². The molecule has 6 heteroatoms. The van der Waals surface area contributed by atoms with E-state index in [1.807, 2.05) is 24.3 Å². The number of methoxy groups -OCH3 is 1. The van der Waals surface area contributed by atoms with Crippen LogP contribution in [-0.2, 0) is 4.79 Å². The van der Waals surface area contributed by atoms with E-state index in [1.165, 1.54) is 0 Å². The van der Waals surface area contributed by atoms with Crippen LogP contribution in [0.4, 0.5) is 5.69 Å². The number of anilines is 1. The van der Waals surface area contributed by atoms with Crippen LogP contribution in [0, 0.1) is 0 Å². The van der Waals surface area contributed by atoms with E-state index >= 15 is 0 Å². The van der Waals surface area contributed by atoms with Crippen LogP contribution in [0.15, 0.2) is 24.3 Å². The molecule has 5 nitrogen and oxygen atoms in total. The van der Waals surface area contributed by atoms with Crippen molar-refractivity contribution >= 4 is 24.0 Å². The van der Waals surface area contributed by atoms with Gasteiger partial charge in [0.05, 0.1) is 19.3 Å². The van der Waals surface area contributed by atoms with Crippen molar-refractivity contribution < 1.29 is 9.53 Å². The number of nitrogens with zero attached hydrogens (tertiary/aromatic N) is 1. The summed E-state index contributed by atoms with van der Waals surface area (Å²) in [6.45, 7) is 4.29. The molecule has 1 fully saturated rings. The Labute approximate surface area is 126 Å². The maximum atomic E-state index is 12.0. The number of amides is 1. The first-order valence-corrected chi connectivity index (χ1v) is 6.65. The number of carbonyl (C=O) groups excluding carboxylic acids is 1. The summed E-state index contributed by atoms with van der Waals surface area (Å²) < 4.78 is 5.22. The van der Waals surface area contributed by atoms with Gasteiger partial charge in [-0.2, -0.15) is 0 Å². The van der Waals surface area contributed by atoms with Crippen molar-refractivity contribution in [3.05, 3.63) is 24.3 Å². The molecule has 112 valence electrons. The lowest BCUT2D eigenvalue weighted by atomic mass is 10.3. The Balaban J connectivity index is 0.00000200. The molecule has 0 unspecified atom stereocenters. The van der Waals surface area contributed by atoms with Crippen LogP contribution >= 0.6 is 12.4 Å². The molecule has 1 heterocycles. The van der Waals surface area contributed by atoms with Crippen molar-refractivity contribution in [1.82, 2.24) is 10.2 Å². The van der Waals surface area contributed by atoms with Crippen LogP contribution in [0.1, 0.15) is 6.42 Å². The summed E-state index contributed by atoms with van der Waals surface area (Å²) >= 11 is 0. The minimum atomic E-state index is 0. The Morgan fingerprint density at radius 1 is 1.35 bits per heavy atom. The van der Waals surface area contributed by atoms with E-state index in [-0.39, 0.29) is 18.3 Å². The lowest BCUT2D eigenvalue weighted by Gasteiger charge is -2.19. The summed E-state index contributed by atoms with van der Waals surface area (Å²) in [6.07, 6.45) is 1.09. The fourth-order valence-corrected chi connectivity index (χ4v) is 2.20. The molecule has 1 aromatic carbocycles. The second-order valence-electron chi connectivity index (χ2n) is 4.63. The topological polar surface area (TPSA) is 53.6 Å². The Bertz CT molecular complexity index is 421. The molecule has 0 atom stereocenters. The summed E-state index contributed by atoms with van der Waals surface area (Å²) in [5, 5.41) is 6.23. The Hall–Kier alpha value is -1.30. The van der Waals surface area contributed by atoms with Crippen molar-refractivity contribution in [2.24, 2.45) is 0 Å². The average molecular weight is 300 g/mol. The molecule has 0 aliphatic carbocycles. The van der Waals surface area contributed by atoms with E-state index < -0.39 is 0 Å². The molecule has 1 aliphatic rings. The number of halogens is 1. The fourth-order valence-electron chi connectivity index (χ4n) is 2.20. The smallest absolute Gasteiger partial charge is 0.238 e. The lowest BCUT2D eigenvalue weighted by molar-refractivity contribution is -0.117. The van der Waals surface area contributed by atoms with Crippen molar-refractivity contribution in [2.75, 3.05) is 45.2 Å². The molecule has 2 rings (SSSR count). The number of carbonyl (C=O) groups is 1. The third kappa shape index (κ3) is 5.00. The van der Waals surface area contributed by atoms with E-state index in [4.69, 9.17) is 4.74 Å². The molecule has 0 saturated carbocycles. The highest BCUT2D eigenvalue weighted by atomic mass is 35.5. The molecule has 1 saturated heterocycles. The Kier molecular flexibility index (Phi) is 7.36. The molecule has 0 aromatic heterocycles. The summed E-state index contributed by atoms with van der Waals surface area (Å²) in [7, 11) is 1.60. The minimum absolute atomic E-state index is 0. The Morgan fingerprint density at radius 2 is 2.15 bits per heavy atom. The maximum absolute atomic E-state index is 12.0. The molecular formula is C14H22ClN3O2. The van der Waals surface area contributed by atoms with E-state index in [0.29, 0.717) is 12.3 Å². The molecule has 20 heavy (non-hydrogen) atoms. The van der Waals surface area contributed by atoms with Crippen molar-refractivity contribution in [2.45, 2.75) is 6.42 Å². The standard InChI is InChI=1S/C14H21N3O2.ClH/c1-19-13-6-3-2-5-12(13)16-14(18)11-17-9-4-7-15-8-10-17;/h2-3,5-6,15H,4,7-11H2,1H3,(H,16,18);1H. The molecule has 0 radical (unpaired) electrons. The molecule has 1 aliphatic heterocycles. The van der Waals surface area contributed by atoms with Gasteiger partial charge in [0.25, 0.3) is 0 Å². The van der Waals surface area contributed by atoms with E-state index in [1.54, 1.807) is 7.11 Å². The first-order chi connectivity index (χ1) is 9.29. The van der Waals surface area contributed by atoms with Gasteiger partial charge < -0.3 is 15.4 Å². The fraction of sp³-hybridized carbons (Fsp3) is 0.500. The number of hydrogen-bond donors (Lipinski definition) is 2. The first kappa shape index (κ1) is 16.8. The van der Waals surface area contributed by atoms with Crippen molar-refractivity contribution in [3.8, 4) is 5.75 Å². The van der Waals surface area contributed by atoms with Gasteiger partial charge in [0.1, 0.15) is 5.75 Å². The van der Waals surface area contributed by atoms with E-state index in [2.05, 4.69) is 15.5 Å². The zero-order valence-electron chi connectivity index (χ0n) is 11.7. The lowest BCUT2D eigenvalue weighted by Crippen LogP contribution is -2.35. The van der Waals surface area contributed by atoms with Gasteiger partial charge in [0, 0.05) is 13.1 Å². The number of benzene rings is 1. The SMILES string of the molecule is COc1ccccc1NC(=O)CN1CCCNCC1.Cl. The molecule has 2 N–H and O–H groups in total. The molecule has 1 amide bonds. The summed E-state index contributed by atoms with van der Waals surface area (Å²) in [6, 6.07) is 7.45. The van der Waals surface area contributed by atoms with Gasteiger partial charge in [-0.3, -0.25) is 9.69 Å². The quantitative estimate of drug-likeness (QED) is 0.881. The minimum Gasteiger partial charge on any atom is -0.495 e. The van der Waals surface area contributed by atoms with Gasteiger partial charge in [0.2, 0.25) is 5.91 Å². The molecule has 0 spiro atoms. The van der Waals surface area contributed by atoms with Crippen molar-refractivity contribution in [3.63, 3.8) is 0 Å². The van der Waals surface area contributed by atoms with Crippen LogP contribution in [0.3, 0.4) is 0 Å². The number of rotatable bonds is 4. The number of ether oxygens (including phenoxy) is 1. The van der Waals surface area contributed by atoms with Crippen LogP contribution < -0.4 is 15.4 Å². The summed E-state index contributed by atoms with van der Waals surface area (Å²) in [4.78, 5) is 14.2. The zero-order valence-corrected chi connectivity index (χ0v) is 12.5. The van der Waals surface area contributed by atoms with Gasteiger partial charge in [-0.05, 0) is 31.6 Å². The van der Waals surface area contributed by atoms with Gasteiger partial charge in [0.15, 0.2) is 0 Å². The highest BCUT2D eigenvalue weighted by Gasteiger charge is 2.13. The third-order valence-electron chi connectivity index (χ3n) is 3.18. The van der Waals surface area contributed by atoms with Gasteiger partial charge >= 0.3 is 0 Å². The van der Waals surface area contributed by atoms with E-state index in [0.717, 1.165) is 38.3 Å². The molecule has 0 bridgehead atoms. The predicted octanol–water partition coefficient (Wildman–Crippen LogP) is 1.35. The number of nitrogens with one attached hydrogen (secondary N) is 2. The predicted molar refractivity (Wildman–Crippen MR) is 82.8 cm³/mol. The highest BCUT2D eigenvalue weighted by molar-refractivity contribution is 5.93. The second-order valence-corrected chi connectivity index (χ2v) is 4.63. The Morgan fingerprint density at radius 3 is 2.95 bits per heavy atom. The van der Waals surface area contributed by atoms with E-state index in [9.17, 15) is 4.79 Å². The average Bonchev–Trinajstić information content (AvgIpc) is 2.68. The second kappa shape index (κ2) is 8.79. The van der Waals surface area contributed by atoms with Gasteiger partial charge in [-0.1, -0.05) is 12.1 Å². The number of para-hydroxylation sites is 2. The monoisotopic (exact) mass is 299 g/mol. The first-order valence-electron chi connectivity index (χ1n) is 6.65. The molecular weight excluding hydrogens is 278 g/mol. The van der Waals surface area contributed by atoms with Gasteiger partial charge in [-0.15, -0.1) is 12.4 Å². The zero-order chi connectivity index (χ0) is 13.5. The summed E-state index contributed by atoms with van der Waals surface area (Å²) in [5.74, 6) is 0.694. The van der Waals surface area contributed by atoms with Crippen LogP contribution in [0.2, 0.25) is 0 Å². The largest absolute Gasteiger partial charge is 0.495 e. The number of hydrogen-bond acceptors (Lipinski definition) is 4. The van der Waals surface area contributed by atoms with Gasteiger partial charge in [-0.25, -0.2) is 0 Å². The normalized spacial score (nSPS) is 15.8. The van der Waals surface area contributed by atoms with Crippen LogP contribution in [0.5, 0.6) is 5.75 Å². The molecule has 1 aromatic rings. The summed E-state index contributed by atoms with van der Waals surface area (Å²) in [5.41, 5.74) is 0.725. The highest BCUT2D eigenvalue weighted by Crippen LogP contribution is 2.22. The maximum Gasteiger partial charge on any atom is 0.238 e. The third-order valence-corrected chi connectivity index (χ3v) is 3.18.